The van der Waals surface area contributed by atoms with Gasteiger partial charge in [0.25, 0.3) is 5.56 Å². The van der Waals surface area contributed by atoms with Gasteiger partial charge in [0.2, 0.25) is 0 Å². The van der Waals surface area contributed by atoms with E-state index < -0.39 is 0 Å². The molecule has 0 unspecified atom stereocenters. The van der Waals surface area contributed by atoms with E-state index >= 15 is 0 Å². The zero-order valence-corrected chi connectivity index (χ0v) is 11.3. The molecule has 0 saturated carbocycles. The number of pyridine rings is 1. The van der Waals surface area contributed by atoms with Gasteiger partial charge in [-0.05, 0) is 18.6 Å². The molecule has 0 atom stereocenters. The predicted octanol–water partition coefficient (Wildman–Crippen LogP) is 1.79. The Hall–Kier alpha value is -2.43. The van der Waals surface area contributed by atoms with Crippen LogP contribution in [0.25, 0.3) is 11.3 Å². The van der Waals surface area contributed by atoms with Crippen molar-refractivity contribution in [1.29, 1.82) is 0 Å². The highest BCUT2D eigenvalue weighted by Crippen LogP contribution is 2.40. The second kappa shape index (κ2) is 4.59. The number of fused-ring (bicyclic) bond motifs is 3. The number of ether oxygens (including phenoxy) is 2. The van der Waals surface area contributed by atoms with Crippen molar-refractivity contribution < 1.29 is 14.6 Å². The molecular formula is C15H15NO4. The minimum atomic E-state index is -0.194. The van der Waals surface area contributed by atoms with E-state index in [1.165, 1.54) is 6.07 Å². The number of hydrogen-bond donors (Lipinski definition) is 1. The van der Waals surface area contributed by atoms with Gasteiger partial charge in [-0.1, -0.05) is 0 Å². The number of benzene rings is 1. The van der Waals surface area contributed by atoms with E-state index in [2.05, 4.69) is 0 Å². The molecule has 3 rings (SSSR count). The van der Waals surface area contributed by atoms with Crippen LogP contribution in [0.2, 0.25) is 0 Å². The number of rotatable bonds is 2. The zero-order chi connectivity index (χ0) is 14.3. The molecule has 0 amide bonds. The Morgan fingerprint density at radius 2 is 2.00 bits per heavy atom. The normalized spacial score (nSPS) is 12.5. The summed E-state index contributed by atoms with van der Waals surface area (Å²) in [6, 6.07) is 6.53. The van der Waals surface area contributed by atoms with Crippen molar-refractivity contribution in [3.8, 4) is 28.5 Å². The smallest absolute Gasteiger partial charge is 0.254 e. The Balaban J connectivity index is 2.30. The number of hydrogen-bond acceptors (Lipinski definition) is 4. The van der Waals surface area contributed by atoms with Crippen molar-refractivity contribution in [1.82, 2.24) is 4.57 Å². The number of methoxy groups -OCH3 is 2. The van der Waals surface area contributed by atoms with Crippen LogP contribution in [0.4, 0.5) is 0 Å². The average Bonchev–Trinajstić information content (AvgIpc) is 2.45. The Morgan fingerprint density at radius 3 is 2.70 bits per heavy atom. The fourth-order valence-corrected chi connectivity index (χ4v) is 2.74. The van der Waals surface area contributed by atoms with Crippen LogP contribution in [0.5, 0.6) is 17.2 Å². The maximum absolute atomic E-state index is 11.9. The van der Waals surface area contributed by atoms with Gasteiger partial charge in [-0.25, -0.2) is 0 Å². The van der Waals surface area contributed by atoms with Gasteiger partial charge in [0.15, 0.2) is 11.5 Å². The third kappa shape index (κ3) is 1.74. The summed E-state index contributed by atoms with van der Waals surface area (Å²) >= 11 is 0. The van der Waals surface area contributed by atoms with Crippen LogP contribution in [0.3, 0.4) is 0 Å². The van der Waals surface area contributed by atoms with E-state index in [1.807, 2.05) is 12.1 Å². The SMILES string of the molecule is COc1ccc2c(c1OC)CCn1c-2cc(O)cc1=O. The second-order valence-corrected chi connectivity index (χ2v) is 4.67. The summed E-state index contributed by atoms with van der Waals surface area (Å²) in [7, 11) is 3.19. The summed E-state index contributed by atoms with van der Waals surface area (Å²) in [4.78, 5) is 11.9. The molecule has 0 fully saturated rings. The summed E-state index contributed by atoms with van der Waals surface area (Å²) < 4.78 is 12.4. The van der Waals surface area contributed by atoms with Crippen molar-refractivity contribution in [3.05, 3.63) is 40.2 Å². The fraction of sp³-hybridized carbons (Fsp3) is 0.267. The largest absolute Gasteiger partial charge is 0.508 e. The monoisotopic (exact) mass is 273 g/mol. The van der Waals surface area contributed by atoms with Crippen LogP contribution in [0, 0.1) is 0 Å². The van der Waals surface area contributed by atoms with Crippen molar-refractivity contribution in [2.45, 2.75) is 13.0 Å². The molecule has 2 heterocycles. The first kappa shape index (κ1) is 12.6. The molecule has 1 aliphatic heterocycles. The van der Waals surface area contributed by atoms with Crippen LogP contribution in [-0.4, -0.2) is 23.9 Å². The quantitative estimate of drug-likeness (QED) is 0.906. The lowest BCUT2D eigenvalue weighted by Crippen LogP contribution is -2.25. The van der Waals surface area contributed by atoms with E-state index in [0.29, 0.717) is 30.2 Å². The maximum Gasteiger partial charge on any atom is 0.254 e. The molecule has 1 aromatic heterocycles. The first-order valence-electron chi connectivity index (χ1n) is 6.33. The number of aromatic nitrogens is 1. The molecule has 0 radical (unpaired) electrons. The molecule has 104 valence electrons. The summed E-state index contributed by atoms with van der Waals surface area (Å²) in [6.45, 7) is 0.560. The number of aromatic hydroxyl groups is 1. The lowest BCUT2D eigenvalue weighted by atomic mass is 9.95. The molecule has 20 heavy (non-hydrogen) atoms. The van der Waals surface area contributed by atoms with Crippen LogP contribution < -0.4 is 15.0 Å². The van der Waals surface area contributed by atoms with Crippen LogP contribution in [0.15, 0.2) is 29.1 Å². The fourth-order valence-electron chi connectivity index (χ4n) is 2.74. The minimum absolute atomic E-state index is 0.0242. The summed E-state index contributed by atoms with van der Waals surface area (Å²) in [5.74, 6) is 1.33. The second-order valence-electron chi connectivity index (χ2n) is 4.67. The third-order valence-corrected chi connectivity index (χ3v) is 3.62. The molecule has 5 nitrogen and oxygen atoms in total. The van der Waals surface area contributed by atoms with E-state index in [4.69, 9.17) is 9.47 Å². The standard InChI is InChI=1S/C15H15NO4/c1-19-13-4-3-10-11(15(13)20-2)5-6-16-12(10)7-9(17)8-14(16)18/h3-4,7-8,17H,5-6H2,1-2H3. The predicted molar refractivity (Wildman–Crippen MR) is 74.6 cm³/mol. The average molecular weight is 273 g/mol. The van der Waals surface area contributed by atoms with E-state index in [0.717, 1.165) is 11.1 Å². The summed E-state index contributed by atoms with van der Waals surface area (Å²) in [5, 5.41) is 9.65. The molecule has 1 aliphatic rings. The minimum Gasteiger partial charge on any atom is -0.508 e. The van der Waals surface area contributed by atoms with Crippen molar-refractivity contribution >= 4 is 0 Å². The van der Waals surface area contributed by atoms with Gasteiger partial charge in [-0.3, -0.25) is 4.79 Å². The Kier molecular flexibility index (Phi) is 2.89. The molecule has 5 heteroatoms. The summed E-state index contributed by atoms with van der Waals surface area (Å²) in [5.41, 5.74) is 2.40. The van der Waals surface area contributed by atoms with Gasteiger partial charge in [0, 0.05) is 29.8 Å². The van der Waals surface area contributed by atoms with Crippen LogP contribution >= 0.6 is 0 Å². The van der Waals surface area contributed by atoms with Gasteiger partial charge >= 0.3 is 0 Å². The van der Waals surface area contributed by atoms with E-state index in [9.17, 15) is 9.90 Å². The highest BCUT2D eigenvalue weighted by Gasteiger charge is 2.23. The number of nitrogens with zero attached hydrogens (tertiary/aromatic N) is 1. The van der Waals surface area contributed by atoms with Crippen LogP contribution in [0.1, 0.15) is 5.56 Å². The lowest BCUT2D eigenvalue weighted by Gasteiger charge is -2.24. The Labute approximate surface area is 116 Å². The van der Waals surface area contributed by atoms with E-state index in [1.54, 1.807) is 24.9 Å². The highest BCUT2D eigenvalue weighted by molar-refractivity contribution is 5.72. The van der Waals surface area contributed by atoms with Gasteiger partial charge in [-0.2, -0.15) is 0 Å². The molecule has 1 aromatic carbocycles. The molecule has 0 saturated heterocycles. The Morgan fingerprint density at radius 1 is 1.20 bits per heavy atom. The molecule has 0 spiro atoms. The van der Waals surface area contributed by atoms with Gasteiger partial charge in [0.05, 0.1) is 19.9 Å². The highest BCUT2D eigenvalue weighted by atomic mass is 16.5. The molecule has 2 aromatic rings. The zero-order valence-electron chi connectivity index (χ0n) is 11.3. The first-order valence-corrected chi connectivity index (χ1v) is 6.33. The third-order valence-electron chi connectivity index (χ3n) is 3.62. The van der Waals surface area contributed by atoms with Crippen molar-refractivity contribution in [2.75, 3.05) is 14.2 Å². The maximum atomic E-state index is 11.9. The van der Waals surface area contributed by atoms with Gasteiger partial charge < -0.3 is 19.1 Å². The van der Waals surface area contributed by atoms with Crippen molar-refractivity contribution in [3.63, 3.8) is 0 Å². The molecule has 1 N–H and O–H groups in total. The first-order chi connectivity index (χ1) is 9.65. The van der Waals surface area contributed by atoms with Gasteiger partial charge in [0.1, 0.15) is 5.75 Å². The van der Waals surface area contributed by atoms with Gasteiger partial charge in [-0.15, -0.1) is 0 Å². The topological polar surface area (TPSA) is 60.7 Å². The molecule has 0 aliphatic carbocycles. The molecular weight excluding hydrogens is 258 g/mol. The molecule has 0 bridgehead atoms. The Bertz CT molecular complexity index is 733. The van der Waals surface area contributed by atoms with E-state index in [-0.39, 0.29) is 11.3 Å². The lowest BCUT2D eigenvalue weighted by molar-refractivity contribution is 0.350. The van der Waals surface area contributed by atoms with Crippen LogP contribution in [-0.2, 0) is 13.0 Å². The summed E-state index contributed by atoms with van der Waals surface area (Å²) in [6.07, 6.45) is 0.688. The van der Waals surface area contributed by atoms with Crippen molar-refractivity contribution in [2.24, 2.45) is 0 Å².